The van der Waals surface area contributed by atoms with Crippen molar-refractivity contribution in [2.75, 3.05) is 37.0 Å². The van der Waals surface area contributed by atoms with Gasteiger partial charge in [-0.2, -0.15) is 0 Å². The van der Waals surface area contributed by atoms with E-state index in [1.807, 2.05) is 0 Å². The average Bonchev–Trinajstić information content (AvgIpc) is 2.69. The van der Waals surface area contributed by atoms with E-state index in [4.69, 9.17) is 0 Å². The minimum Gasteiger partial charge on any atom is -0.550 e. The van der Waals surface area contributed by atoms with Crippen molar-refractivity contribution in [1.29, 1.82) is 0 Å². The van der Waals surface area contributed by atoms with Crippen LogP contribution in [0.2, 0.25) is 0 Å². The molecular weight excluding hydrogens is 406 g/mol. The van der Waals surface area contributed by atoms with Crippen molar-refractivity contribution in [1.82, 2.24) is 0 Å². The van der Waals surface area contributed by atoms with Crippen molar-refractivity contribution in [3.8, 4) is 0 Å². The molecule has 0 unspecified atom stereocenters. The van der Waals surface area contributed by atoms with Gasteiger partial charge in [0.25, 0.3) is 0 Å². The maximum absolute atomic E-state index is 12.6. The quantitative estimate of drug-likeness (QED) is 0.274. The molecule has 148 valence electrons. The number of carbonyl (C=O) groups is 3. The number of rotatable bonds is 10. The second-order valence-corrected chi connectivity index (χ2v) is 6.51. The molecule has 0 aliphatic carbocycles. The fraction of sp³-hybridized carbons (Fsp3) is 0.286. The molecule has 0 amide bonds. The predicted molar refractivity (Wildman–Crippen MR) is 102 cm³/mol. The Morgan fingerprint density at radius 1 is 0.667 bits per heavy atom. The molecule has 0 saturated heterocycles. The molecule has 0 fully saturated rings. The van der Waals surface area contributed by atoms with Crippen LogP contribution in [0, 0.1) is 0 Å². The van der Waals surface area contributed by atoms with Gasteiger partial charge < -0.3 is 29.6 Å². The van der Waals surface area contributed by atoms with E-state index in [1.54, 1.807) is 72.4 Å². The molecule has 30 heavy (non-hydrogen) atoms. The third kappa shape index (κ3) is 8.79. The second-order valence-electron chi connectivity index (χ2n) is 6.51. The molecule has 9 heteroatoms. The van der Waals surface area contributed by atoms with E-state index in [-0.39, 0.29) is 77.7 Å². The van der Waals surface area contributed by atoms with Crippen LogP contribution in [0.3, 0.4) is 0 Å². The smallest absolute Gasteiger partial charge is 0.550 e. The van der Waals surface area contributed by atoms with Crippen molar-refractivity contribution in [3.63, 3.8) is 0 Å². The van der Waals surface area contributed by atoms with Gasteiger partial charge in [0.1, 0.15) is 0 Å². The van der Waals surface area contributed by atoms with Gasteiger partial charge in [0, 0.05) is 74.5 Å². The van der Waals surface area contributed by atoms with E-state index in [9.17, 15) is 24.6 Å². The zero-order valence-electron chi connectivity index (χ0n) is 17.9. The Hall–Kier alpha value is -1.35. The molecule has 2 aromatic rings. The van der Waals surface area contributed by atoms with Crippen molar-refractivity contribution in [2.24, 2.45) is 0 Å². The van der Waals surface area contributed by atoms with Gasteiger partial charge >= 0.3 is 59.1 Å². The SMILES string of the molecule is CN(CCC(=O)[O-])c1ccc(C(=O)c2ccc(N(C)CCC(=O)[O-])cc2)cc1.[Na+].[Na+]. The van der Waals surface area contributed by atoms with Gasteiger partial charge in [-0.25, -0.2) is 0 Å². The maximum atomic E-state index is 12.6. The minimum absolute atomic E-state index is 0. The van der Waals surface area contributed by atoms with Crippen LogP contribution in [0.25, 0.3) is 0 Å². The Kier molecular flexibility index (Phi) is 13.2. The van der Waals surface area contributed by atoms with Crippen molar-refractivity contribution >= 4 is 29.1 Å². The van der Waals surface area contributed by atoms with Crippen LogP contribution in [0.4, 0.5) is 11.4 Å². The summed E-state index contributed by atoms with van der Waals surface area (Å²) < 4.78 is 0. The molecule has 0 saturated carbocycles. The van der Waals surface area contributed by atoms with E-state index in [0.29, 0.717) is 24.2 Å². The van der Waals surface area contributed by atoms with Crippen LogP contribution in [0.5, 0.6) is 0 Å². The van der Waals surface area contributed by atoms with E-state index in [0.717, 1.165) is 11.4 Å². The first-order chi connectivity index (χ1) is 13.3. The Balaban J connectivity index is 0.00000420. The Morgan fingerprint density at radius 2 is 0.967 bits per heavy atom. The van der Waals surface area contributed by atoms with Crippen molar-refractivity contribution in [2.45, 2.75) is 12.8 Å². The molecule has 0 atom stereocenters. The summed E-state index contributed by atoms with van der Waals surface area (Å²) in [7, 11) is 3.55. The third-order valence-electron chi connectivity index (χ3n) is 4.44. The summed E-state index contributed by atoms with van der Waals surface area (Å²) in [5, 5.41) is 21.1. The molecule has 0 aliphatic heterocycles. The zero-order valence-corrected chi connectivity index (χ0v) is 21.9. The number of anilines is 2. The summed E-state index contributed by atoms with van der Waals surface area (Å²) in [6, 6.07) is 13.9. The summed E-state index contributed by atoms with van der Waals surface area (Å²) in [6.45, 7) is 0.644. The van der Waals surface area contributed by atoms with Crippen LogP contribution in [0.15, 0.2) is 48.5 Å². The third-order valence-corrected chi connectivity index (χ3v) is 4.44. The standard InChI is InChI=1S/C21H24N2O5.2Na/c1-22(13-11-19(24)25)17-7-3-15(4-8-17)21(28)16-5-9-18(10-6-16)23(2)14-12-20(26)27;;/h3-10H,11-14H2,1-2H3,(H,24,25)(H,26,27);;/q;2*+1/p-2. The number of hydrogen-bond donors (Lipinski definition) is 0. The van der Waals surface area contributed by atoms with Gasteiger partial charge in [-0.05, 0) is 48.5 Å². The summed E-state index contributed by atoms with van der Waals surface area (Å²) in [5.74, 6) is -2.34. The van der Waals surface area contributed by atoms with Crippen molar-refractivity contribution < 1.29 is 83.7 Å². The molecule has 2 aromatic carbocycles. The fourth-order valence-corrected chi connectivity index (χ4v) is 2.68. The molecule has 0 heterocycles. The van der Waals surface area contributed by atoms with E-state index in [2.05, 4.69) is 0 Å². The zero-order chi connectivity index (χ0) is 20.7. The first-order valence-electron chi connectivity index (χ1n) is 8.84. The van der Waals surface area contributed by atoms with E-state index >= 15 is 0 Å². The van der Waals surface area contributed by atoms with Crippen LogP contribution in [-0.2, 0) is 9.59 Å². The Labute approximate surface area is 220 Å². The normalized spacial score (nSPS) is 9.67. The molecule has 7 nitrogen and oxygen atoms in total. The molecular formula is C21H22N2Na2O5. The number of carboxylic acid groups (broad SMARTS) is 2. The Morgan fingerprint density at radius 3 is 1.23 bits per heavy atom. The van der Waals surface area contributed by atoms with E-state index < -0.39 is 11.9 Å². The number of carbonyl (C=O) groups excluding carboxylic acids is 3. The van der Waals surface area contributed by atoms with Crippen LogP contribution >= 0.6 is 0 Å². The summed E-state index contributed by atoms with van der Waals surface area (Å²) in [5.41, 5.74) is 2.66. The van der Waals surface area contributed by atoms with Crippen LogP contribution in [-0.4, -0.2) is 44.9 Å². The predicted octanol–water partition coefficient (Wildman–Crippen LogP) is -5.92. The van der Waals surface area contributed by atoms with Gasteiger partial charge in [-0.3, -0.25) is 4.79 Å². The molecule has 0 radical (unpaired) electrons. The molecule has 0 spiro atoms. The first kappa shape index (κ1) is 28.6. The van der Waals surface area contributed by atoms with Gasteiger partial charge in [0.2, 0.25) is 0 Å². The van der Waals surface area contributed by atoms with Gasteiger partial charge in [0.05, 0.1) is 0 Å². The maximum Gasteiger partial charge on any atom is 1.00 e. The van der Waals surface area contributed by atoms with Crippen LogP contribution in [0.1, 0.15) is 28.8 Å². The Bertz CT molecular complexity index is 772. The average molecular weight is 428 g/mol. The second kappa shape index (κ2) is 13.9. The van der Waals surface area contributed by atoms with Gasteiger partial charge in [-0.1, -0.05) is 0 Å². The first-order valence-corrected chi connectivity index (χ1v) is 8.84. The molecule has 0 aliphatic rings. The topological polar surface area (TPSA) is 104 Å². The largest absolute Gasteiger partial charge is 1.00 e. The van der Waals surface area contributed by atoms with Crippen molar-refractivity contribution in [3.05, 3.63) is 59.7 Å². The molecule has 0 N–H and O–H groups in total. The monoisotopic (exact) mass is 428 g/mol. The number of benzene rings is 2. The molecule has 0 bridgehead atoms. The number of carboxylic acids is 2. The summed E-state index contributed by atoms with van der Waals surface area (Å²) in [6.07, 6.45) is -0.137. The number of aliphatic carboxylic acids is 2. The number of hydrogen-bond acceptors (Lipinski definition) is 7. The number of ketones is 1. The fourth-order valence-electron chi connectivity index (χ4n) is 2.68. The number of nitrogens with zero attached hydrogens (tertiary/aromatic N) is 2. The van der Waals surface area contributed by atoms with Gasteiger partial charge in [0.15, 0.2) is 5.78 Å². The van der Waals surface area contributed by atoms with Gasteiger partial charge in [-0.15, -0.1) is 0 Å². The molecule has 0 aromatic heterocycles. The van der Waals surface area contributed by atoms with Crippen LogP contribution < -0.4 is 79.1 Å². The molecule has 2 rings (SSSR count). The minimum atomic E-state index is -1.10. The summed E-state index contributed by atoms with van der Waals surface area (Å²) >= 11 is 0. The van der Waals surface area contributed by atoms with E-state index in [1.165, 1.54) is 0 Å². The summed E-state index contributed by atoms with van der Waals surface area (Å²) in [4.78, 5) is 37.3.